The normalized spacial score (nSPS) is 15.7. The summed E-state index contributed by atoms with van der Waals surface area (Å²) < 4.78 is 47.9. The molecule has 4 atom stereocenters. The van der Waals surface area contributed by atoms with Crippen LogP contribution in [0.5, 0.6) is 34.5 Å². The molecule has 3 aliphatic rings. The van der Waals surface area contributed by atoms with Gasteiger partial charge in [-0.2, -0.15) is 0 Å². The molecule has 8 aromatic heterocycles. The monoisotopic (exact) mass is 1280 g/mol. The number of ketones is 2. The first-order valence-electron chi connectivity index (χ1n) is 28.6. The number of aliphatic hydroxyl groups excluding tert-OH is 1. The van der Waals surface area contributed by atoms with Gasteiger partial charge in [-0.15, -0.1) is 56.9 Å². The summed E-state index contributed by atoms with van der Waals surface area (Å²) in [5.74, 6) is 4.86. The fraction of sp³-hybridized carbons (Fsp3) is 0.333. The van der Waals surface area contributed by atoms with Crippen molar-refractivity contribution in [2.45, 2.75) is 51.3 Å². The second-order valence-corrected chi connectivity index (χ2v) is 26.0. The Bertz CT molecular complexity index is 3990. The molecule has 17 nitrogen and oxygen atoms in total. The average Bonchev–Trinajstić information content (AvgIpc) is 1.71. The van der Waals surface area contributed by atoms with Crippen LogP contribution in [0.3, 0.4) is 0 Å². The number of alkyl halides is 1. The number of pyridine rings is 4. The van der Waals surface area contributed by atoms with Crippen molar-refractivity contribution in [3.05, 3.63) is 139 Å². The van der Waals surface area contributed by atoms with Crippen LogP contribution in [0.1, 0.15) is 102 Å². The molecule has 0 spiro atoms. The summed E-state index contributed by atoms with van der Waals surface area (Å²) in [6.45, 7) is 14.8. The molecule has 0 saturated carbocycles. The molecule has 22 heteroatoms. The third-order valence-corrected chi connectivity index (χ3v) is 21.7. The highest BCUT2D eigenvalue weighted by Crippen LogP contribution is 2.51. The molecule has 0 bridgehead atoms. The lowest BCUT2D eigenvalue weighted by Gasteiger charge is -2.31. The number of halogens is 1. The molecule has 1 aliphatic carbocycles. The number of thiophene rings is 4. The number of ether oxygens (including phenoxy) is 8. The Kier molecular flexibility index (Phi) is 19.4. The molecule has 458 valence electrons. The summed E-state index contributed by atoms with van der Waals surface area (Å²) in [4.78, 5) is 51.6. The van der Waals surface area contributed by atoms with Crippen molar-refractivity contribution in [2.75, 3.05) is 95.3 Å². The van der Waals surface area contributed by atoms with Gasteiger partial charge in [0.2, 0.25) is 5.78 Å². The summed E-state index contributed by atoms with van der Waals surface area (Å²) in [6.07, 6.45) is 13.2. The fourth-order valence-corrected chi connectivity index (χ4v) is 16.4. The Hall–Kier alpha value is -7.15. The maximum absolute atomic E-state index is 12.7. The van der Waals surface area contributed by atoms with Crippen LogP contribution in [0.15, 0.2) is 98.1 Å². The summed E-state index contributed by atoms with van der Waals surface area (Å²) >= 11 is 12.6. The molecule has 0 radical (unpaired) electrons. The van der Waals surface area contributed by atoms with Crippen LogP contribution in [0.2, 0.25) is 0 Å². The predicted molar refractivity (Wildman–Crippen MR) is 353 cm³/mol. The van der Waals surface area contributed by atoms with Crippen LogP contribution in [-0.4, -0.2) is 142 Å². The van der Waals surface area contributed by atoms with Gasteiger partial charge in [-0.1, -0.05) is 0 Å². The van der Waals surface area contributed by atoms with Gasteiger partial charge in [0.15, 0.2) is 5.78 Å². The Morgan fingerprint density at radius 1 is 0.443 bits per heavy atom. The zero-order valence-electron chi connectivity index (χ0n) is 50.4. The molecule has 2 aliphatic heterocycles. The highest BCUT2D eigenvalue weighted by Gasteiger charge is 2.34. The van der Waals surface area contributed by atoms with Gasteiger partial charge in [0.25, 0.3) is 0 Å². The highest BCUT2D eigenvalue weighted by atomic mass is 35.5. The number of methoxy groups -OCH3 is 6. The minimum atomic E-state index is -0.511. The summed E-state index contributed by atoms with van der Waals surface area (Å²) in [5, 5.41) is 18.7. The third-order valence-electron chi connectivity index (χ3n) is 16.1. The highest BCUT2D eigenvalue weighted by molar-refractivity contribution is 7.20. The number of hydrogen-bond donors (Lipinski definition) is 1. The Morgan fingerprint density at radius 3 is 1.24 bits per heavy atom. The molecule has 88 heavy (non-hydrogen) atoms. The molecule has 14 rings (SSSR count). The number of aliphatic hydroxyl groups is 1. The molecule has 3 aromatic carbocycles. The second kappa shape index (κ2) is 27.3. The van der Waals surface area contributed by atoms with Gasteiger partial charge in [-0.05, 0) is 76.2 Å². The first kappa shape index (κ1) is 62.5. The molecule has 1 N–H and O–H groups in total. The largest absolute Gasteiger partial charge is 0.495 e. The van der Waals surface area contributed by atoms with E-state index in [4.69, 9.17) is 49.5 Å². The van der Waals surface area contributed by atoms with Gasteiger partial charge in [0, 0.05) is 167 Å². The van der Waals surface area contributed by atoms with E-state index in [0.717, 1.165) is 164 Å². The van der Waals surface area contributed by atoms with Gasteiger partial charge < -0.3 is 43.0 Å². The van der Waals surface area contributed by atoms with E-state index in [2.05, 4.69) is 55.7 Å². The standard InChI is InChI=1S/C19H22N2O3S.C17H16N2O3S.C15H14ClNO2S.C15H15NO3S/c1-12(21-6-8-24-9-7-21)16-10-14-17(22-2)15-11-20-5-4-13(15)18(23-3)19(14)25-16;1-10(19-4-6-22-7-5-19)14-8-12-15(20)13-9-18-3-2-11(13)16(21)17(12)23-14;1-8(16)12-6-10-13(18-2)11-7-17-5-4-9(11)14(19-3)15(10)20-12;1-8(17)12-6-10-13(18-2)11-7-16-5-4-9(11)14(19-3)15(10)20-12/h4-5,10-12H,6-9H2,1-3H3;2-3,8-10H,4-7H2,1H3;4-8H,1-3H3;4-8,17H,1-3H3. The van der Waals surface area contributed by atoms with E-state index in [-0.39, 0.29) is 23.0 Å². The lowest BCUT2D eigenvalue weighted by Crippen LogP contribution is -2.37. The molecule has 4 unspecified atom stereocenters. The summed E-state index contributed by atoms with van der Waals surface area (Å²) in [7, 11) is 10.1. The summed E-state index contributed by atoms with van der Waals surface area (Å²) in [6, 6.07) is 16.2. The second-order valence-electron chi connectivity index (χ2n) is 21.0. The van der Waals surface area contributed by atoms with Gasteiger partial charge >= 0.3 is 0 Å². The molecular formula is C66H67ClN6O11S4. The van der Waals surface area contributed by atoms with Crippen LogP contribution < -0.4 is 28.4 Å². The number of nitrogens with zero attached hydrogens (tertiary/aromatic N) is 6. The van der Waals surface area contributed by atoms with E-state index < -0.39 is 6.10 Å². The van der Waals surface area contributed by atoms with E-state index in [1.807, 2.05) is 43.5 Å². The quantitative estimate of drug-likeness (QED) is 0.114. The van der Waals surface area contributed by atoms with Crippen molar-refractivity contribution in [3.63, 3.8) is 0 Å². The SMILES string of the molecule is CC(c1cc2c(s1)C(=O)c1ccncc1C2=O)N1CCOCC1.COc1c2cnccc2c(OC)c2sc(C(C)Cl)cc12.COc1c2cnccc2c(OC)c2sc(C(C)N3CCOCC3)cc12.COc1c2cnccc2c(OC)c2sc(C(C)O)cc12. The Labute approximate surface area is 530 Å². The van der Waals surface area contributed by atoms with Gasteiger partial charge in [-0.25, -0.2) is 0 Å². The van der Waals surface area contributed by atoms with E-state index >= 15 is 0 Å². The van der Waals surface area contributed by atoms with Crippen LogP contribution in [0.25, 0.3) is 62.6 Å². The van der Waals surface area contributed by atoms with Crippen LogP contribution >= 0.6 is 56.9 Å². The minimum Gasteiger partial charge on any atom is -0.495 e. The van der Waals surface area contributed by atoms with Gasteiger partial charge in [-0.3, -0.25) is 39.3 Å². The van der Waals surface area contributed by atoms with Crippen molar-refractivity contribution in [1.82, 2.24) is 29.7 Å². The van der Waals surface area contributed by atoms with Gasteiger partial charge in [0.1, 0.15) is 34.5 Å². The van der Waals surface area contributed by atoms with E-state index in [9.17, 15) is 14.7 Å². The maximum Gasteiger partial charge on any atom is 0.204 e. The fourth-order valence-electron chi connectivity index (χ4n) is 11.5. The van der Waals surface area contributed by atoms with Crippen molar-refractivity contribution in [2.24, 2.45) is 0 Å². The number of hydrogen-bond acceptors (Lipinski definition) is 21. The molecular weight excluding hydrogens is 1220 g/mol. The molecule has 0 amide bonds. The molecule has 10 heterocycles. The van der Waals surface area contributed by atoms with Crippen LogP contribution in [-0.2, 0) is 9.47 Å². The van der Waals surface area contributed by atoms with Crippen molar-refractivity contribution in [1.29, 1.82) is 0 Å². The van der Waals surface area contributed by atoms with E-state index in [0.29, 0.717) is 27.6 Å². The van der Waals surface area contributed by atoms with Crippen molar-refractivity contribution >= 4 is 131 Å². The first-order chi connectivity index (χ1) is 42.7. The number of aromatic nitrogens is 4. The topological polar surface area (TPSA) is 186 Å². The average molecular weight is 1280 g/mol. The Balaban J connectivity index is 0.000000122. The Morgan fingerprint density at radius 2 is 0.818 bits per heavy atom. The molecule has 11 aromatic rings. The van der Waals surface area contributed by atoms with Crippen molar-refractivity contribution in [3.8, 4) is 34.5 Å². The lowest BCUT2D eigenvalue weighted by molar-refractivity contribution is 0.0205. The number of morpholine rings is 2. The number of carbonyl (C=O) groups is 2. The zero-order valence-corrected chi connectivity index (χ0v) is 54.4. The minimum absolute atomic E-state index is 0.0388. The lowest BCUT2D eigenvalue weighted by atomic mass is 9.90. The van der Waals surface area contributed by atoms with E-state index in [1.165, 1.54) is 33.7 Å². The zero-order chi connectivity index (χ0) is 61.9. The smallest absolute Gasteiger partial charge is 0.204 e. The van der Waals surface area contributed by atoms with E-state index in [1.54, 1.807) is 116 Å². The molecule has 2 saturated heterocycles. The number of rotatable bonds is 12. The number of benzene rings is 3. The van der Waals surface area contributed by atoms with Gasteiger partial charge in [0.05, 0.1) is 105 Å². The van der Waals surface area contributed by atoms with Crippen LogP contribution in [0.4, 0.5) is 0 Å². The number of carbonyl (C=O) groups excluding carboxylic acids is 2. The maximum atomic E-state index is 12.7. The summed E-state index contributed by atoms with van der Waals surface area (Å²) in [5.41, 5.74) is 1.40. The van der Waals surface area contributed by atoms with Crippen LogP contribution in [0, 0.1) is 0 Å². The van der Waals surface area contributed by atoms with Crippen molar-refractivity contribution < 1.29 is 52.6 Å². The third kappa shape index (κ3) is 11.8. The first-order valence-corrected chi connectivity index (χ1v) is 32.3. The number of fused-ring (bicyclic) bond motifs is 8. The molecule has 2 fully saturated rings. The predicted octanol–water partition coefficient (Wildman–Crippen LogP) is 14.5.